The fourth-order valence-electron chi connectivity index (χ4n) is 2.98. The highest BCUT2D eigenvalue weighted by Crippen LogP contribution is 2.21. The summed E-state index contributed by atoms with van der Waals surface area (Å²) >= 11 is 0. The van der Waals surface area contributed by atoms with Gasteiger partial charge in [0.2, 0.25) is 5.91 Å². The fourth-order valence-corrected chi connectivity index (χ4v) is 2.98. The Morgan fingerprint density at radius 1 is 1.13 bits per heavy atom. The van der Waals surface area contributed by atoms with Gasteiger partial charge in [0, 0.05) is 35.0 Å². The second-order valence-corrected chi connectivity index (χ2v) is 6.64. The quantitative estimate of drug-likeness (QED) is 0.477. The van der Waals surface area contributed by atoms with E-state index >= 15 is 0 Å². The molecule has 9 nitrogen and oxygen atoms in total. The number of carbonyl (C=O) groups is 2. The first-order valence-corrected chi connectivity index (χ1v) is 9.01. The Bertz CT molecular complexity index is 1190. The summed E-state index contributed by atoms with van der Waals surface area (Å²) in [5, 5.41) is 15.0. The van der Waals surface area contributed by atoms with Gasteiger partial charge in [0.05, 0.1) is 17.0 Å². The van der Waals surface area contributed by atoms with Crippen molar-refractivity contribution in [2.75, 3.05) is 0 Å². The van der Waals surface area contributed by atoms with Crippen molar-refractivity contribution in [2.45, 2.75) is 20.3 Å². The van der Waals surface area contributed by atoms with Crippen molar-refractivity contribution in [3.63, 3.8) is 0 Å². The van der Waals surface area contributed by atoms with Crippen LogP contribution in [0.15, 0.2) is 42.5 Å². The van der Waals surface area contributed by atoms with E-state index in [1.165, 1.54) is 28.9 Å². The Balaban J connectivity index is 1.70. The molecule has 31 heavy (non-hydrogen) atoms. The van der Waals surface area contributed by atoms with Crippen LogP contribution in [0.5, 0.6) is 0 Å². The number of aromatic nitrogens is 2. The van der Waals surface area contributed by atoms with Crippen LogP contribution in [0.3, 0.4) is 0 Å². The van der Waals surface area contributed by atoms with Crippen LogP contribution >= 0.6 is 0 Å². The highest BCUT2D eigenvalue weighted by atomic mass is 19.1. The highest BCUT2D eigenvalue weighted by molar-refractivity contribution is 5.96. The monoisotopic (exact) mass is 429 g/mol. The van der Waals surface area contributed by atoms with Crippen molar-refractivity contribution in [3.05, 3.63) is 86.7 Å². The molecule has 0 aliphatic rings. The van der Waals surface area contributed by atoms with E-state index in [1.807, 2.05) is 0 Å². The molecule has 0 radical (unpaired) electrons. The van der Waals surface area contributed by atoms with Crippen LogP contribution in [0.25, 0.3) is 5.69 Å². The minimum Gasteiger partial charge on any atom is -0.273 e. The lowest BCUT2D eigenvalue weighted by Crippen LogP contribution is -2.42. The average molecular weight is 429 g/mol. The number of nitrogens with zero attached hydrogens (tertiary/aromatic N) is 3. The van der Waals surface area contributed by atoms with Crippen molar-refractivity contribution in [1.82, 2.24) is 20.6 Å². The molecule has 2 amide bonds. The summed E-state index contributed by atoms with van der Waals surface area (Å²) in [7, 11) is 0. The molecular formula is C20H17F2N5O4. The summed E-state index contributed by atoms with van der Waals surface area (Å²) < 4.78 is 28.5. The molecule has 0 fully saturated rings. The number of non-ortho nitro benzene ring substituents is 1. The standard InChI is InChI=1S/C20H17F2N5O4/c1-11-16(12(2)26(25-11)18-7-6-14(21)9-17(18)22)10-19(28)23-24-20(29)13-4-3-5-15(8-13)27(30)31/h3-9H,10H2,1-2H3,(H,23,28)(H,24,29). The van der Waals surface area contributed by atoms with Crippen LogP contribution in [0.4, 0.5) is 14.5 Å². The van der Waals surface area contributed by atoms with Gasteiger partial charge in [-0.2, -0.15) is 5.10 Å². The Morgan fingerprint density at radius 2 is 1.87 bits per heavy atom. The number of hydrogen-bond donors (Lipinski definition) is 2. The van der Waals surface area contributed by atoms with E-state index in [0.717, 1.165) is 18.2 Å². The molecule has 0 saturated heterocycles. The minimum atomic E-state index is -0.800. The maximum Gasteiger partial charge on any atom is 0.270 e. The zero-order valence-electron chi connectivity index (χ0n) is 16.5. The number of rotatable bonds is 5. The van der Waals surface area contributed by atoms with Crippen LogP contribution < -0.4 is 10.9 Å². The molecule has 3 aromatic rings. The molecule has 3 rings (SSSR count). The van der Waals surface area contributed by atoms with E-state index in [9.17, 15) is 28.5 Å². The van der Waals surface area contributed by atoms with Gasteiger partial charge in [-0.3, -0.25) is 30.6 Å². The largest absolute Gasteiger partial charge is 0.273 e. The predicted octanol–water partition coefficient (Wildman–Crippen LogP) is 2.68. The molecule has 0 saturated carbocycles. The molecule has 0 spiro atoms. The van der Waals surface area contributed by atoms with Gasteiger partial charge in [-0.1, -0.05) is 6.07 Å². The molecule has 0 atom stereocenters. The predicted molar refractivity (Wildman–Crippen MR) is 105 cm³/mol. The lowest BCUT2D eigenvalue weighted by Gasteiger charge is -2.09. The Kier molecular flexibility index (Phi) is 6.05. The molecule has 0 aliphatic heterocycles. The lowest BCUT2D eigenvalue weighted by molar-refractivity contribution is -0.384. The molecule has 1 aromatic heterocycles. The number of hydrogen-bond acceptors (Lipinski definition) is 5. The van der Waals surface area contributed by atoms with Crippen LogP contribution in [0, 0.1) is 35.6 Å². The SMILES string of the molecule is Cc1nn(-c2ccc(F)cc2F)c(C)c1CC(=O)NNC(=O)c1cccc([N+](=O)[O-])c1. The molecule has 11 heteroatoms. The molecular weight excluding hydrogens is 412 g/mol. The molecule has 2 aromatic carbocycles. The second kappa shape index (κ2) is 8.69. The first-order chi connectivity index (χ1) is 14.7. The molecule has 1 heterocycles. The summed E-state index contributed by atoms with van der Waals surface area (Å²) in [5.41, 5.74) is 5.64. The number of benzene rings is 2. The Hall–Kier alpha value is -4.15. The topological polar surface area (TPSA) is 119 Å². The molecule has 0 aliphatic carbocycles. The summed E-state index contributed by atoms with van der Waals surface area (Å²) in [4.78, 5) is 34.6. The van der Waals surface area contributed by atoms with Gasteiger partial charge in [0.25, 0.3) is 11.6 Å². The summed E-state index contributed by atoms with van der Waals surface area (Å²) in [6.45, 7) is 3.27. The molecule has 0 bridgehead atoms. The third kappa shape index (κ3) is 4.71. The molecule has 2 N–H and O–H groups in total. The smallest absolute Gasteiger partial charge is 0.270 e. The van der Waals surface area contributed by atoms with Gasteiger partial charge in [0.1, 0.15) is 11.5 Å². The van der Waals surface area contributed by atoms with Crippen molar-refractivity contribution >= 4 is 17.5 Å². The number of carbonyl (C=O) groups excluding carboxylic acids is 2. The summed E-state index contributed by atoms with van der Waals surface area (Å²) in [6.07, 6.45) is -0.171. The normalized spacial score (nSPS) is 10.6. The molecule has 0 unspecified atom stereocenters. The number of nitro benzene ring substituents is 1. The third-order valence-electron chi connectivity index (χ3n) is 4.55. The van der Waals surface area contributed by atoms with Gasteiger partial charge < -0.3 is 0 Å². The van der Waals surface area contributed by atoms with Crippen molar-refractivity contribution in [1.29, 1.82) is 0 Å². The van der Waals surface area contributed by atoms with Crippen LogP contribution in [0.1, 0.15) is 27.3 Å². The zero-order valence-corrected chi connectivity index (χ0v) is 16.5. The number of aryl methyl sites for hydroxylation is 1. The molecule has 160 valence electrons. The highest BCUT2D eigenvalue weighted by Gasteiger charge is 2.19. The zero-order chi connectivity index (χ0) is 22.7. The van der Waals surface area contributed by atoms with E-state index in [0.29, 0.717) is 17.0 Å². The van der Waals surface area contributed by atoms with Gasteiger partial charge in [-0.05, 0) is 32.0 Å². The maximum atomic E-state index is 14.1. The fraction of sp³-hybridized carbons (Fsp3) is 0.150. The van der Waals surface area contributed by atoms with Gasteiger partial charge in [0.15, 0.2) is 5.82 Å². The lowest BCUT2D eigenvalue weighted by atomic mass is 10.1. The number of amides is 2. The Labute approximate surface area is 174 Å². The van der Waals surface area contributed by atoms with E-state index in [4.69, 9.17) is 0 Å². The van der Waals surface area contributed by atoms with Crippen LogP contribution in [-0.2, 0) is 11.2 Å². The minimum absolute atomic E-state index is 0.00136. The van der Waals surface area contributed by atoms with E-state index in [1.54, 1.807) is 13.8 Å². The van der Waals surface area contributed by atoms with Crippen LogP contribution in [0.2, 0.25) is 0 Å². The summed E-state index contributed by atoms with van der Waals surface area (Å²) in [6, 6.07) is 8.12. The number of halogens is 2. The average Bonchev–Trinajstić information content (AvgIpc) is 3.00. The number of hydrazine groups is 1. The van der Waals surface area contributed by atoms with Crippen molar-refractivity contribution < 1.29 is 23.3 Å². The first-order valence-electron chi connectivity index (χ1n) is 9.01. The van der Waals surface area contributed by atoms with Gasteiger partial charge in [-0.25, -0.2) is 13.5 Å². The van der Waals surface area contributed by atoms with Gasteiger partial charge in [-0.15, -0.1) is 0 Å². The van der Waals surface area contributed by atoms with Crippen LogP contribution in [-0.4, -0.2) is 26.5 Å². The van der Waals surface area contributed by atoms with Crippen molar-refractivity contribution in [3.8, 4) is 5.69 Å². The first kappa shape index (κ1) is 21.6. The van der Waals surface area contributed by atoms with E-state index in [-0.39, 0.29) is 23.4 Å². The number of nitrogens with one attached hydrogen (secondary N) is 2. The second-order valence-electron chi connectivity index (χ2n) is 6.64. The van der Waals surface area contributed by atoms with E-state index in [2.05, 4.69) is 16.0 Å². The van der Waals surface area contributed by atoms with E-state index < -0.39 is 28.4 Å². The number of nitro groups is 1. The third-order valence-corrected chi connectivity index (χ3v) is 4.55. The summed E-state index contributed by atoms with van der Waals surface area (Å²) in [5.74, 6) is -2.83. The Morgan fingerprint density at radius 3 is 2.55 bits per heavy atom. The van der Waals surface area contributed by atoms with Crippen molar-refractivity contribution in [2.24, 2.45) is 0 Å². The van der Waals surface area contributed by atoms with Gasteiger partial charge >= 0.3 is 0 Å². The maximum absolute atomic E-state index is 14.1.